The van der Waals surface area contributed by atoms with Crippen LogP contribution in [0.15, 0.2) is 51.4 Å². The van der Waals surface area contributed by atoms with Crippen LogP contribution in [0.3, 0.4) is 0 Å². The fourth-order valence-corrected chi connectivity index (χ4v) is 2.49. The highest BCUT2D eigenvalue weighted by molar-refractivity contribution is 9.11. The molecule has 0 radical (unpaired) electrons. The molecular formula is C14H13Br2NO. The molecule has 2 aromatic carbocycles. The molecule has 4 heteroatoms. The molecule has 0 saturated carbocycles. The minimum absolute atomic E-state index is 0.0248. The standard InChI is InChI=1S/C14H13Br2NO/c1-9(11-4-2-3-5-14(11)18)17-13-8-10(15)6-7-12(13)16/h2-9,17-18H,1H3. The molecule has 2 rings (SSSR count). The predicted molar refractivity (Wildman–Crippen MR) is 82.0 cm³/mol. The molecule has 0 aliphatic rings. The highest BCUT2D eigenvalue weighted by Crippen LogP contribution is 2.31. The molecule has 0 aliphatic carbocycles. The van der Waals surface area contributed by atoms with Gasteiger partial charge in [-0.1, -0.05) is 34.1 Å². The van der Waals surface area contributed by atoms with E-state index in [2.05, 4.69) is 37.2 Å². The maximum Gasteiger partial charge on any atom is 0.120 e. The van der Waals surface area contributed by atoms with Crippen LogP contribution >= 0.6 is 31.9 Å². The van der Waals surface area contributed by atoms with Crippen LogP contribution in [0, 0.1) is 0 Å². The van der Waals surface area contributed by atoms with Gasteiger partial charge < -0.3 is 10.4 Å². The molecule has 0 aliphatic heterocycles. The zero-order chi connectivity index (χ0) is 13.1. The molecule has 0 amide bonds. The summed E-state index contributed by atoms with van der Waals surface area (Å²) in [5, 5.41) is 13.2. The predicted octanol–water partition coefficient (Wildman–Crippen LogP) is 5.09. The minimum atomic E-state index is 0.0248. The summed E-state index contributed by atoms with van der Waals surface area (Å²) in [5.74, 6) is 0.309. The Morgan fingerprint density at radius 1 is 1.11 bits per heavy atom. The van der Waals surface area contributed by atoms with E-state index in [-0.39, 0.29) is 6.04 Å². The molecule has 0 bridgehead atoms. The van der Waals surface area contributed by atoms with E-state index in [0.717, 1.165) is 20.2 Å². The summed E-state index contributed by atoms with van der Waals surface area (Å²) in [7, 11) is 0. The van der Waals surface area contributed by atoms with Crippen LogP contribution in [0.4, 0.5) is 5.69 Å². The lowest BCUT2D eigenvalue weighted by Crippen LogP contribution is -2.07. The highest BCUT2D eigenvalue weighted by Gasteiger charge is 2.11. The summed E-state index contributed by atoms with van der Waals surface area (Å²) in [5.41, 5.74) is 1.87. The molecule has 2 nitrogen and oxygen atoms in total. The zero-order valence-corrected chi connectivity index (χ0v) is 13.0. The van der Waals surface area contributed by atoms with Crippen molar-refractivity contribution in [3.05, 3.63) is 57.0 Å². The fraction of sp³-hybridized carbons (Fsp3) is 0.143. The first-order chi connectivity index (χ1) is 8.58. The van der Waals surface area contributed by atoms with Crippen LogP contribution in [-0.2, 0) is 0 Å². The summed E-state index contributed by atoms with van der Waals surface area (Å²) in [4.78, 5) is 0. The van der Waals surface area contributed by atoms with Crippen LogP contribution in [0.1, 0.15) is 18.5 Å². The molecule has 18 heavy (non-hydrogen) atoms. The van der Waals surface area contributed by atoms with Gasteiger partial charge in [-0.2, -0.15) is 0 Å². The second kappa shape index (κ2) is 5.76. The Hall–Kier alpha value is -1.00. The second-order valence-corrected chi connectivity index (χ2v) is 5.82. The van der Waals surface area contributed by atoms with E-state index in [4.69, 9.17) is 0 Å². The van der Waals surface area contributed by atoms with Gasteiger partial charge in [0.25, 0.3) is 0 Å². The van der Waals surface area contributed by atoms with Gasteiger partial charge in [-0.3, -0.25) is 0 Å². The Bertz CT molecular complexity index is 557. The molecule has 1 atom stereocenters. The first kappa shape index (κ1) is 13.4. The van der Waals surface area contributed by atoms with Crippen molar-refractivity contribution >= 4 is 37.5 Å². The lowest BCUT2D eigenvalue weighted by molar-refractivity contribution is 0.465. The molecule has 94 valence electrons. The first-order valence-corrected chi connectivity index (χ1v) is 7.16. The largest absolute Gasteiger partial charge is 0.508 e. The summed E-state index contributed by atoms with van der Waals surface area (Å²) in [6, 6.07) is 13.3. The van der Waals surface area contributed by atoms with Gasteiger partial charge in [-0.25, -0.2) is 0 Å². The number of anilines is 1. The molecule has 0 fully saturated rings. The van der Waals surface area contributed by atoms with Crippen LogP contribution in [-0.4, -0.2) is 5.11 Å². The van der Waals surface area contributed by atoms with Crippen molar-refractivity contribution in [3.63, 3.8) is 0 Å². The van der Waals surface area contributed by atoms with Crippen molar-refractivity contribution in [2.75, 3.05) is 5.32 Å². The second-order valence-electron chi connectivity index (χ2n) is 4.05. The van der Waals surface area contributed by atoms with Gasteiger partial charge in [0.15, 0.2) is 0 Å². The lowest BCUT2D eigenvalue weighted by Gasteiger charge is -2.18. The number of phenols is 1. The maximum absolute atomic E-state index is 9.82. The minimum Gasteiger partial charge on any atom is -0.508 e. The van der Waals surface area contributed by atoms with E-state index in [0.29, 0.717) is 5.75 Å². The van der Waals surface area contributed by atoms with E-state index in [1.54, 1.807) is 6.07 Å². The number of hydrogen-bond donors (Lipinski definition) is 2. The van der Waals surface area contributed by atoms with Gasteiger partial charge in [0, 0.05) is 14.5 Å². The van der Waals surface area contributed by atoms with Crippen molar-refractivity contribution in [2.24, 2.45) is 0 Å². The average molecular weight is 371 g/mol. The number of hydrogen-bond acceptors (Lipinski definition) is 2. The number of nitrogens with one attached hydrogen (secondary N) is 1. The van der Waals surface area contributed by atoms with E-state index in [1.807, 2.05) is 43.3 Å². The number of aromatic hydroxyl groups is 1. The third kappa shape index (κ3) is 3.06. The van der Waals surface area contributed by atoms with Crippen molar-refractivity contribution in [1.29, 1.82) is 0 Å². The zero-order valence-electron chi connectivity index (χ0n) is 9.82. The number of para-hydroxylation sites is 1. The Balaban J connectivity index is 2.24. The quantitative estimate of drug-likeness (QED) is 0.788. The summed E-state index contributed by atoms with van der Waals surface area (Å²) < 4.78 is 2.01. The van der Waals surface area contributed by atoms with Crippen molar-refractivity contribution in [1.82, 2.24) is 0 Å². The average Bonchev–Trinajstić information content (AvgIpc) is 2.34. The molecule has 0 heterocycles. The van der Waals surface area contributed by atoms with E-state index in [9.17, 15) is 5.11 Å². The van der Waals surface area contributed by atoms with Gasteiger partial charge in [-0.15, -0.1) is 0 Å². The van der Waals surface area contributed by atoms with Crippen LogP contribution in [0.5, 0.6) is 5.75 Å². The van der Waals surface area contributed by atoms with Crippen LogP contribution in [0.2, 0.25) is 0 Å². The van der Waals surface area contributed by atoms with Crippen molar-refractivity contribution in [3.8, 4) is 5.75 Å². The molecule has 1 unspecified atom stereocenters. The normalized spacial score (nSPS) is 12.2. The summed E-state index contributed by atoms with van der Waals surface area (Å²) in [6.45, 7) is 2.02. The Morgan fingerprint density at radius 2 is 1.83 bits per heavy atom. The Kier molecular flexibility index (Phi) is 4.30. The van der Waals surface area contributed by atoms with Gasteiger partial charge in [0.1, 0.15) is 5.75 Å². The third-order valence-electron chi connectivity index (χ3n) is 2.70. The lowest BCUT2D eigenvalue weighted by atomic mass is 10.1. The molecule has 0 spiro atoms. The smallest absolute Gasteiger partial charge is 0.120 e. The van der Waals surface area contributed by atoms with Crippen molar-refractivity contribution in [2.45, 2.75) is 13.0 Å². The van der Waals surface area contributed by atoms with Crippen LogP contribution in [0.25, 0.3) is 0 Å². The topological polar surface area (TPSA) is 32.3 Å². The number of benzene rings is 2. The Morgan fingerprint density at radius 3 is 2.56 bits per heavy atom. The van der Waals surface area contributed by atoms with Crippen LogP contribution < -0.4 is 5.32 Å². The van der Waals surface area contributed by atoms with Crippen molar-refractivity contribution < 1.29 is 5.11 Å². The molecular weight excluding hydrogens is 358 g/mol. The number of rotatable bonds is 3. The molecule has 0 aromatic heterocycles. The third-order valence-corrected chi connectivity index (χ3v) is 3.89. The highest BCUT2D eigenvalue weighted by atomic mass is 79.9. The van der Waals surface area contributed by atoms with Gasteiger partial charge >= 0.3 is 0 Å². The van der Waals surface area contributed by atoms with Gasteiger partial charge in [0.05, 0.1) is 11.7 Å². The molecule has 0 saturated heterocycles. The van der Waals surface area contributed by atoms with E-state index in [1.165, 1.54) is 0 Å². The maximum atomic E-state index is 9.82. The summed E-state index contributed by atoms with van der Waals surface area (Å²) in [6.07, 6.45) is 0. The van der Waals surface area contributed by atoms with Gasteiger partial charge in [0.2, 0.25) is 0 Å². The monoisotopic (exact) mass is 369 g/mol. The van der Waals surface area contributed by atoms with Gasteiger partial charge in [-0.05, 0) is 47.1 Å². The molecule has 2 aromatic rings. The first-order valence-electron chi connectivity index (χ1n) is 5.57. The SMILES string of the molecule is CC(Nc1cc(Br)ccc1Br)c1ccccc1O. The summed E-state index contributed by atoms with van der Waals surface area (Å²) >= 11 is 6.95. The number of phenolic OH excluding ortho intramolecular Hbond substituents is 1. The number of halogens is 2. The fourth-order valence-electron chi connectivity index (χ4n) is 1.77. The van der Waals surface area contributed by atoms with E-state index < -0.39 is 0 Å². The van der Waals surface area contributed by atoms with E-state index >= 15 is 0 Å². The molecule has 2 N–H and O–H groups in total. The Labute approximate surface area is 123 Å².